The predicted molar refractivity (Wildman–Crippen MR) is 102 cm³/mol. The molecule has 11 nitrogen and oxygen atoms in total. The van der Waals surface area contributed by atoms with E-state index < -0.39 is 19.9 Å². The second-order valence-electron chi connectivity index (χ2n) is 5.66. The third-order valence-corrected chi connectivity index (χ3v) is 4.43. The SMILES string of the molecule is CS(=O)(=O)Nc1nc2cc(-c3ccc([N+](=O)[O-])cc3)c([N+](=O)[O-])cc2nc1Cl. The Labute approximate surface area is 162 Å². The number of rotatable bonds is 5. The lowest BCUT2D eigenvalue weighted by Gasteiger charge is -2.09. The minimum absolute atomic E-state index is 0.0846. The van der Waals surface area contributed by atoms with E-state index in [0.717, 1.165) is 12.3 Å². The van der Waals surface area contributed by atoms with Crippen molar-refractivity contribution in [1.82, 2.24) is 9.97 Å². The first-order valence-corrected chi connectivity index (χ1v) is 9.70. The first kappa shape index (κ1) is 19.4. The number of aromatic nitrogens is 2. The summed E-state index contributed by atoms with van der Waals surface area (Å²) in [7, 11) is -3.67. The number of nitrogens with one attached hydrogen (secondary N) is 1. The lowest BCUT2D eigenvalue weighted by atomic mass is 10.0. The largest absolute Gasteiger partial charge is 0.279 e. The van der Waals surface area contributed by atoms with E-state index >= 15 is 0 Å². The normalized spacial score (nSPS) is 11.4. The summed E-state index contributed by atoms with van der Waals surface area (Å²) in [6.45, 7) is 0. The lowest BCUT2D eigenvalue weighted by molar-refractivity contribution is -0.385. The van der Waals surface area contributed by atoms with Gasteiger partial charge < -0.3 is 0 Å². The second kappa shape index (κ2) is 6.98. The van der Waals surface area contributed by atoms with Gasteiger partial charge in [0.25, 0.3) is 11.4 Å². The summed E-state index contributed by atoms with van der Waals surface area (Å²) in [5.74, 6) is -0.222. The van der Waals surface area contributed by atoms with E-state index in [0.29, 0.717) is 5.56 Å². The summed E-state index contributed by atoms with van der Waals surface area (Å²) in [6, 6.07) is 7.65. The van der Waals surface area contributed by atoms with E-state index in [-0.39, 0.29) is 38.9 Å². The molecule has 0 radical (unpaired) electrons. The summed E-state index contributed by atoms with van der Waals surface area (Å²) in [4.78, 5) is 29.1. The highest BCUT2D eigenvalue weighted by Gasteiger charge is 2.20. The molecule has 0 saturated heterocycles. The quantitative estimate of drug-likeness (QED) is 0.483. The Hall–Kier alpha value is -3.38. The monoisotopic (exact) mass is 423 g/mol. The van der Waals surface area contributed by atoms with Gasteiger partial charge in [-0.15, -0.1) is 0 Å². The summed E-state index contributed by atoms with van der Waals surface area (Å²) >= 11 is 5.91. The fraction of sp³-hybridized carbons (Fsp3) is 0.0667. The van der Waals surface area contributed by atoms with Crippen LogP contribution >= 0.6 is 11.6 Å². The number of anilines is 1. The molecular weight excluding hydrogens is 414 g/mol. The maximum Gasteiger partial charge on any atom is 0.279 e. The fourth-order valence-electron chi connectivity index (χ4n) is 2.46. The van der Waals surface area contributed by atoms with Crippen molar-refractivity contribution in [2.24, 2.45) is 0 Å². The van der Waals surface area contributed by atoms with E-state index in [1.807, 2.05) is 0 Å². The number of fused-ring (bicyclic) bond motifs is 1. The molecule has 3 aromatic rings. The van der Waals surface area contributed by atoms with Crippen LogP contribution in [0.3, 0.4) is 0 Å². The summed E-state index contributed by atoms with van der Waals surface area (Å²) < 4.78 is 25.0. The first-order chi connectivity index (χ1) is 13.0. The molecule has 0 saturated carbocycles. The molecule has 0 aliphatic rings. The Morgan fingerprint density at radius 1 is 1.00 bits per heavy atom. The number of nitrogens with zero attached hydrogens (tertiary/aromatic N) is 4. The van der Waals surface area contributed by atoms with Gasteiger partial charge in [0.15, 0.2) is 11.0 Å². The predicted octanol–water partition coefficient (Wildman–Crippen LogP) is 3.14. The van der Waals surface area contributed by atoms with Gasteiger partial charge in [0, 0.05) is 18.2 Å². The molecule has 0 unspecified atom stereocenters. The number of sulfonamides is 1. The van der Waals surface area contributed by atoms with Crippen LogP contribution in [0.25, 0.3) is 22.2 Å². The topological polar surface area (TPSA) is 158 Å². The zero-order valence-electron chi connectivity index (χ0n) is 14.0. The highest BCUT2D eigenvalue weighted by atomic mass is 35.5. The van der Waals surface area contributed by atoms with Gasteiger partial charge in [-0.25, -0.2) is 18.4 Å². The number of hydrogen-bond donors (Lipinski definition) is 1. The number of benzene rings is 2. The third-order valence-electron chi connectivity index (χ3n) is 3.61. The van der Waals surface area contributed by atoms with Crippen LogP contribution in [0.5, 0.6) is 0 Å². The average Bonchev–Trinajstić information content (AvgIpc) is 2.60. The van der Waals surface area contributed by atoms with E-state index in [1.165, 1.54) is 30.3 Å². The van der Waals surface area contributed by atoms with Crippen LogP contribution in [-0.4, -0.2) is 34.5 Å². The molecule has 28 heavy (non-hydrogen) atoms. The zero-order chi connectivity index (χ0) is 20.6. The maximum absolute atomic E-state index is 11.5. The van der Waals surface area contributed by atoms with Crippen LogP contribution in [0.4, 0.5) is 17.2 Å². The lowest BCUT2D eigenvalue weighted by Crippen LogP contribution is -2.12. The van der Waals surface area contributed by atoms with Gasteiger partial charge in [-0.2, -0.15) is 0 Å². The molecule has 144 valence electrons. The molecule has 0 aliphatic heterocycles. The third kappa shape index (κ3) is 3.97. The molecule has 13 heteroatoms. The molecular formula is C15H10ClN5O6S. The highest BCUT2D eigenvalue weighted by Crippen LogP contribution is 2.35. The van der Waals surface area contributed by atoms with Crippen molar-refractivity contribution in [3.05, 3.63) is 61.8 Å². The Kier molecular flexibility index (Phi) is 4.83. The van der Waals surface area contributed by atoms with Gasteiger partial charge in [-0.3, -0.25) is 25.0 Å². The minimum atomic E-state index is -3.67. The second-order valence-corrected chi connectivity index (χ2v) is 7.76. The molecule has 0 bridgehead atoms. The molecule has 0 atom stereocenters. The standard InChI is InChI=1S/C15H10ClN5O6S/c1-28(26,27)19-15-14(16)17-12-7-13(21(24)25)10(6-11(12)18-15)8-2-4-9(5-3-8)20(22)23/h2-7H,1H3,(H,18,19). The molecule has 1 aromatic heterocycles. The van der Waals surface area contributed by atoms with Crippen molar-refractivity contribution < 1.29 is 18.3 Å². The van der Waals surface area contributed by atoms with E-state index in [1.54, 1.807) is 0 Å². The molecule has 1 N–H and O–H groups in total. The van der Waals surface area contributed by atoms with Crippen molar-refractivity contribution in [2.45, 2.75) is 0 Å². The summed E-state index contributed by atoms with van der Waals surface area (Å²) in [5.41, 5.74) is 0.229. The number of hydrogen-bond acceptors (Lipinski definition) is 8. The van der Waals surface area contributed by atoms with Crippen LogP contribution in [0.2, 0.25) is 5.15 Å². The molecule has 3 rings (SSSR count). The number of non-ortho nitro benzene ring substituents is 1. The van der Waals surface area contributed by atoms with E-state index in [2.05, 4.69) is 14.7 Å². The highest BCUT2D eigenvalue weighted by molar-refractivity contribution is 7.92. The molecule has 2 aromatic carbocycles. The Morgan fingerprint density at radius 2 is 1.61 bits per heavy atom. The molecule has 0 fully saturated rings. The minimum Gasteiger partial charge on any atom is -0.265 e. The van der Waals surface area contributed by atoms with Crippen LogP contribution in [0.1, 0.15) is 0 Å². The van der Waals surface area contributed by atoms with Crippen molar-refractivity contribution in [1.29, 1.82) is 0 Å². The summed E-state index contributed by atoms with van der Waals surface area (Å²) in [6.07, 6.45) is 0.910. The van der Waals surface area contributed by atoms with Crippen LogP contribution in [0, 0.1) is 20.2 Å². The van der Waals surface area contributed by atoms with Crippen LogP contribution < -0.4 is 4.72 Å². The van der Waals surface area contributed by atoms with Crippen molar-refractivity contribution >= 4 is 49.9 Å². The molecule has 0 spiro atoms. The van der Waals surface area contributed by atoms with Gasteiger partial charge in [-0.1, -0.05) is 11.6 Å². The van der Waals surface area contributed by atoms with Crippen LogP contribution in [-0.2, 0) is 10.0 Å². The molecule has 0 aliphatic carbocycles. The Balaban J connectivity index is 2.22. The fourth-order valence-corrected chi connectivity index (χ4v) is 3.19. The van der Waals surface area contributed by atoms with Crippen molar-refractivity contribution in [2.75, 3.05) is 11.0 Å². The number of halogens is 1. The smallest absolute Gasteiger partial charge is 0.265 e. The van der Waals surface area contributed by atoms with Crippen LogP contribution in [0.15, 0.2) is 36.4 Å². The average molecular weight is 424 g/mol. The zero-order valence-corrected chi connectivity index (χ0v) is 15.6. The Bertz CT molecular complexity index is 1230. The van der Waals surface area contributed by atoms with Gasteiger partial charge >= 0.3 is 0 Å². The van der Waals surface area contributed by atoms with Gasteiger partial charge in [0.05, 0.1) is 32.7 Å². The molecule has 1 heterocycles. The molecule has 0 amide bonds. The van der Waals surface area contributed by atoms with Gasteiger partial charge in [0.1, 0.15) is 0 Å². The summed E-state index contributed by atoms with van der Waals surface area (Å²) in [5, 5.41) is 22.0. The van der Waals surface area contributed by atoms with Gasteiger partial charge in [0.2, 0.25) is 10.0 Å². The number of nitro benzene ring substituents is 2. The van der Waals surface area contributed by atoms with Crippen molar-refractivity contribution in [3.63, 3.8) is 0 Å². The van der Waals surface area contributed by atoms with E-state index in [9.17, 15) is 28.6 Å². The van der Waals surface area contributed by atoms with Crippen molar-refractivity contribution in [3.8, 4) is 11.1 Å². The van der Waals surface area contributed by atoms with Gasteiger partial charge in [-0.05, 0) is 23.8 Å². The first-order valence-electron chi connectivity index (χ1n) is 7.43. The Morgan fingerprint density at radius 3 is 2.14 bits per heavy atom. The number of nitro groups is 2. The maximum atomic E-state index is 11.5. The van der Waals surface area contributed by atoms with E-state index in [4.69, 9.17) is 11.6 Å².